The van der Waals surface area contributed by atoms with Gasteiger partial charge >= 0.3 is 11.6 Å². The number of rotatable bonds is 3. The van der Waals surface area contributed by atoms with Crippen molar-refractivity contribution < 1.29 is 9.34 Å². The second-order valence-electron chi connectivity index (χ2n) is 3.15. The highest BCUT2D eigenvalue weighted by Gasteiger charge is 2.10. The van der Waals surface area contributed by atoms with Crippen LogP contribution in [0.3, 0.4) is 0 Å². The van der Waals surface area contributed by atoms with E-state index in [-0.39, 0.29) is 11.4 Å². The summed E-state index contributed by atoms with van der Waals surface area (Å²) >= 11 is 0. The fourth-order valence-electron chi connectivity index (χ4n) is 1.14. The van der Waals surface area contributed by atoms with Crippen LogP contribution in [-0.2, 0) is 0 Å². The molecule has 2 aromatic heterocycles. The van der Waals surface area contributed by atoms with E-state index in [1.165, 1.54) is 12.1 Å². The van der Waals surface area contributed by atoms with E-state index in [1.807, 2.05) is 4.98 Å². The maximum absolute atomic E-state index is 11.2. The Morgan fingerprint density at radius 3 is 2.78 bits per heavy atom. The molecule has 0 saturated carbocycles. The van der Waals surface area contributed by atoms with Crippen LogP contribution in [0.25, 0.3) is 0 Å². The van der Waals surface area contributed by atoms with Crippen molar-refractivity contribution in [3.63, 3.8) is 0 Å². The summed E-state index contributed by atoms with van der Waals surface area (Å²) < 4.78 is 4.80. The zero-order valence-electron chi connectivity index (χ0n) is 8.75. The SMILES string of the molecule is O=c1[nH]cc(N=Cc2ccc([N+](=O)[O-])o2)c(=O)[nH]1. The first kappa shape index (κ1) is 11.5. The second kappa shape index (κ2) is 4.49. The summed E-state index contributed by atoms with van der Waals surface area (Å²) in [5.74, 6) is -0.306. The Morgan fingerprint density at radius 2 is 2.17 bits per heavy atom. The second-order valence-corrected chi connectivity index (χ2v) is 3.15. The minimum atomic E-state index is -0.690. The van der Waals surface area contributed by atoms with Crippen molar-refractivity contribution in [2.45, 2.75) is 0 Å². The molecule has 9 nitrogen and oxygen atoms in total. The van der Waals surface area contributed by atoms with Crippen LogP contribution in [0.15, 0.2) is 37.3 Å². The summed E-state index contributed by atoms with van der Waals surface area (Å²) in [5.41, 5.74) is -1.36. The van der Waals surface area contributed by atoms with E-state index in [1.54, 1.807) is 0 Å². The predicted octanol–water partition coefficient (Wildman–Crippen LogP) is 0.315. The van der Waals surface area contributed by atoms with E-state index in [0.717, 1.165) is 12.4 Å². The number of nitrogens with zero attached hydrogens (tertiary/aromatic N) is 2. The molecule has 0 radical (unpaired) electrons. The van der Waals surface area contributed by atoms with Crippen molar-refractivity contribution >= 4 is 17.8 Å². The van der Waals surface area contributed by atoms with Crippen LogP contribution in [0.1, 0.15) is 5.76 Å². The standard InChI is InChI=1S/C9H6N4O5/c14-8-6(4-11-9(15)12-8)10-3-5-1-2-7(18-5)13(16)17/h1-4H,(H2,11,12,14,15). The van der Waals surface area contributed by atoms with Crippen LogP contribution in [0.5, 0.6) is 0 Å². The zero-order valence-corrected chi connectivity index (χ0v) is 8.75. The van der Waals surface area contributed by atoms with Crippen LogP contribution in [0.2, 0.25) is 0 Å². The van der Waals surface area contributed by atoms with Crippen molar-refractivity contribution in [3.8, 4) is 0 Å². The van der Waals surface area contributed by atoms with E-state index >= 15 is 0 Å². The van der Waals surface area contributed by atoms with Crippen molar-refractivity contribution in [3.05, 3.63) is 55.0 Å². The molecule has 2 aromatic rings. The van der Waals surface area contributed by atoms with E-state index in [2.05, 4.69) is 9.98 Å². The van der Waals surface area contributed by atoms with Crippen molar-refractivity contribution in [1.29, 1.82) is 0 Å². The van der Waals surface area contributed by atoms with Gasteiger partial charge in [0.2, 0.25) is 0 Å². The first-order valence-corrected chi connectivity index (χ1v) is 4.66. The largest absolute Gasteiger partial charge is 0.433 e. The molecule has 0 amide bonds. The molecular formula is C9H6N4O5. The van der Waals surface area contributed by atoms with Gasteiger partial charge in [-0.2, -0.15) is 0 Å². The fourth-order valence-corrected chi connectivity index (χ4v) is 1.14. The van der Waals surface area contributed by atoms with Crippen molar-refractivity contribution in [2.24, 2.45) is 4.99 Å². The summed E-state index contributed by atoms with van der Waals surface area (Å²) in [6, 6.07) is 2.50. The molecule has 9 heteroatoms. The molecular weight excluding hydrogens is 244 g/mol. The Labute approximate surface area is 98.0 Å². The smallest absolute Gasteiger partial charge is 0.400 e. The van der Waals surface area contributed by atoms with Gasteiger partial charge in [-0.05, 0) is 6.07 Å². The highest BCUT2D eigenvalue weighted by atomic mass is 16.6. The van der Waals surface area contributed by atoms with Gasteiger partial charge in [-0.25, -0.2) is 9.79 Å². The summed E-state index contributed by atoms with van der Waals surface area (Å²) in [6.07, 6.45) is 2.25. The number of furan rings is 1. The third kappa shape index (κ3) is 2.40. The molecule has 2 rings (SSSR count). The molecule has 0 saturated heterocycles. The molecule has 0 fully saturated rings. The molecule has 0 atom stereocenters. The molecule has 0 unspecified atom stereocenters. The Balaban J connectivity index is 2.27. The third-order valence-corrected chi connectivity index (χ3v) is 1.92. The third-order valence-electron chi connectivity index (χ3n) is 1.92. The average Bonchev–Trinajstić information content (AvgIpc) is 2.76. The Morgan fingerprint density at radius 1 is 1.39 bits per heavy atom. The maximum atomic E-state index is 11.2. The molecule has 92 valence electrons. The number of hydrogen-bond donors (Lipinski definition) is 2. The van der Waals surface area contributed by atoms with E-state index in [9.17, 15) is 19.7 Å². The quantitative estimate of drug-likeness (QED) is 0.459. The molecule has 0 aliphatic carbocycles. The lowest BCUT2D eigenvalue weighted by Gasteiger charge is -1.89. The Hall–Kier alpha value is -2.97. The van der Waals surface area contributed by atoms with Gasteiger partial charge in [0.25, 0.3) is 5.56 Å². The highest BCUT2D eigenvalue weighted by molar-refractivity contribution is 5.78. The lowest BCUT2D eigenvalue weighted by atomic mass is 10.4. The van der Waals surface area contributed by atoms with Gasteiger partial charge in [0.05, 0.1) is 12.3 Å². The van der Waals surface area contributed by atoms with Gasteiger partial charge in [-0.15, -0.1) is 0 Å². The van der Waals surface area contributed by atoms with Gasteiger partial charge in [-0.1, -0.05) is 0 Å². The van der Waals surface area contributed by atoms with E-state index < -0.39 is 22.1 Å². The van der Waals surface area contributed by atoms with Gasteiger partial charge in [0.1, 0.15) is 10.6 Å². The number of nitro groups is 1. The number of nitrogens with one attached hydrogen (secondary N) is 2. The first-order valence-electron chi connectivity index (χ1n) is 4.66. The van der Waals surface area contributed by atoms with Crippen molar-refractivity contribution in [2.75, 3.05) is 0 Å². The monoisotopic (exact) mass is 250 g/mol. The zero-order chi connectivity index (χ0) is 13.1. The van der Waals surface area contributed by atoms with Crippen LogP contribution in [0, 0.1) is 10.1 Å². The van der Waals surface area contributed by atoms with E-state index in [4.69, 9.17) is 4.42 Å². The first-order chi connectivity index (χ1) is 8.56. The predicted molar refractivity (Wildman–Crippen MR) is 60.3 cm³/mol. The van der Waals surface area contributed by atoms with Gasteiger partial charge in [0, 0.05) is 6.20 Å². The number of aromatic nitrogens is 2. The normalized spacial score (nSPS) is 10.9. The lowest BCUT2D eigenvalue weighted by Crippen LogP contribution is -2.20. The average molecular weight is 250 g/mol. The van der Waals surface area contributed by atoms with Crippen LogP contribution < -0.4 is 11.2 Å². The molecule has 0 aromatic carbocycles. The molecule has 0 bridgehead atoms. The van der Waals surface area contributed by atoms with Crippen LogP contribution in [-0.4, -0.2) is 21.1 Å². The van der Waals surface area contributed by atoms with Gasteiger partial charge in [0.15, 0.2) is 5.76 Å². The molecule has 0 aliphatic heterocycles. The highest BCUT2D eigenvalue weighted by Crippen LogP contribution is 2.14. The maximum Gasteiger partial charge on any atom is 0.433 e. The number of aromatic amines is 2. The minimum absolute atomic E-state index is 0.0475. The number of H-pyrrole nitrogens is 2. The fraction of sp³-hybridized carbons (Fsp3) is 0. The molecule has 2 N–H and O–H groups in total. The summed E-state index contributed by atoms with van der Waals surface area (Å²) in [4.78, 5) is 39.6. The van der Waals surface area contributed by atoms with Gasteiger partial charge in [-0.3, -0.25) is 19.9 Å². The molecule has 0 spiro atoms. The minimum Gasteiger partial charge on any atom is -0.400 e. The van der Waals surface area contributed by atoms with Gasteiger partial charge < -0.3 is 9.40 Å². The Kier molecular flexibility index (Phi) is 2.87. The summed E-state index contributed by atoms with van der Waals surface area (Å²) in [7, 11) is 0. The van der Waals surface area contributed by atoms with Crippen LogP contribution >= 0.6 is 0 Å². The summed E-state index contributed by atoms with van der Waals surface area (Å²) in [5, 5.41) is 10.4. The van der Waals surface area contributed by atoms with E-state index in [0.29, 0.717) is 0 Å². The lowest BCUT2D eigenvalue weighted by molar-refractivity contribution is -0.402. The number of hydrogen-bond acceptors (Lipinski definition) is 6. The Bertz CT molecular complexity index is 723. The summed E-state index contributed by atoms with van der Waals surface area (Å²) in [6.45, 7) is 0. The number of aliphatic imine (C=N–C) groups is 1. The molecule has 0 aliphatic rings. The molecule has 18 heavy (non-hydrogen) atoms. The molecule has 2 heterocycles. The van der Waals surface area contributed by atoms with Crippen molar-refractivity contribution in [1.82, 2.24) is 9.97 Å². The van der Waals surface area contributed by atoms with Crippen LogP contribution in [0.4, 0.5) is 11.6 Å². The topological polar surface area (TPSA) is 134 Å².